The molecule has 2 saturated heterocycles. The van der Waals surface area contributed by atoms with Crippen molar-refractivity contribution in [2.45, 2.75) is 32.3 Å². The van der Waals surface area contributed by atoms with Gasteiger partial charge in [-0.05, 0) is 31.6 Å². The average Bonchev–Trinajstić information content (AvgIpc) is 3.19. The number of aliphatic hydroxyl groups excluding tert-OH is 1. The van der Waals surface area contributed by atoms with E-state index in [0.717, 1.165) is 54.2 Å². The van der Waals surface area contributed by atoms with E-state index in [0.29, 0.717) is 6.54 Å². The summed E-state index contributed by atoms with van der Waals surface area (Å²) >= 11 is 3.32. The van der Waals surface area contributed by atoms with Gasteiger partial charge in [0.05, 0.1) is 6.10 Å². The molecule has 0 radical (unpaired) electrons. The minimum atomic E-state index is -0.278. The summed E-state index contributed by atoms with van der Waals surface area (Å²) in [6, 6.07) is 0. The van der Waals surface area contributed by atoms with Gasteiger partial charge in [0.1, 0.15) is 5.01 Å². The lowest BCUT2D eigenvalue weighted by atomic mass is 9.72. The summed E-state index contributed by atoms with van der Waals surface area (Å²) in [6.45, 7) is 5.66. The quantitative estimate of drug-likeness (QED) is 0.894. The Balaban J connectivity index is 1.48. The first-order valence-electron chi connectivity index (χ1n) is 8.01. The monoisotopic (exact) mass is 351 g/mol. The normalized spacial score (nSPS) is 24.3. The van der Waals surface area contributed by atoms with Gasteiger partial charge in [0.25, 0.3) is 0 Å². The van der Waals surface area contributed by atoms with Crippen LogP contribution in [0.25, 0.3) is 0 Å². The van der Waals surface area contributed by atoms with Crippen LogP contribution >= 0.6 is 22.7 Å². The summed E-state index contributed by atoms with van der Waals surface area (Å²) in [4.78, 5) is 9.03. The third-order valence-electron chi connectivity index (χ3n) is 4.93. The van der Waals surface area contributed by atoms with Crippen molar-refractivity contribution in [3.8, 4) is 0 Å². The second-order valence-corrected chi connectivity index (χ2v) is 8.68. The maximum Gasteiger partial charge on any atom is 0.208 e. The standard InChI is InChI=1S/C15H21N5OS2/c1-11-17-18-14(23-11)20-9-12(21)8-15(10-20)2-5-19(6-3-15)13-16-4-7-22-13/h4,7,12,21H,2-3,5-6,8-10H2,1H3. The summed E-state index contributed by atoms with van der Waals surface area (Å²) in [6.07, 6.45) is 4.68. The van der Waals surface area contributed by atoms with E-state index in [-0.39, 0.29) is 11.5 Å². The maximum absolute atomic E-state index is 10.4. The number of piperidine rings is 2. The number of thiazole rings is 1. The first-order valence-corrected chi connectivity index (χ1v) is 9.71. The van der Waals surface area contributed by atoms with Crippen molar-refractivity contribution in [2.75, 3.05) is 36.0 Å². The van der Waals surface area contributed by atoms with Crippen LogP contribution in [0.1, 0.15) is 24.3 Å². The summed E-state index contributed by atoms with van der Waals surface area (Å²) < 4.78 is 0. The first kappa shape index (κ1) is 15.3. The second kappa shape index (κ2) is 5.99. The molecule has 4 heterocycles. The Labute approximate surface area is 143 Å². The highest BCUT2D eigenvalue weighted by Gasteiger charge is 2.42. The topological polar surface area (TPSA) is 65.4 Å². The molecule has 2 fully saturated rings. The van der Waals surface area contributed by atoms with E-state index in [1.807, 2.05) is 18.5 Å². The van der Waals surface area contributed by atoms with Crippen LogP contribution in [0.15, 0.2) is 11.6 Å². The number of rotatable bonds is 2. The molecule has 2 aliphatic rings. The summed E-state index contributed by atoms with van der Waals surface area (Å²) in [5.41, 5.74) is 0.186. The smallest absolute Gasteiger partial charge is 0.208 e. The molecule has 23 heavy (non-hydrogen) atoms. The fraction of sp³-hybridized carbons (Fsp3) is 0.667. The predicted molar refractivity (Wildman–Crippen MR) is 93.5 cm³/mol. The van der Waals surface area contributed by atoms with Crippen LogP contribution < -0.4 is 9.80 Å². The summed E-state index contributed by atoms with van der Waals surface area (Å²) in [5.74, 6) is 0. The Hall–Kier alpha value is -1.25. The van der Waals surface area contributed by atoms with Crippen molar-refractivity contribution < 1.29 is 5.11 Å². The lowest BCUT2D eigenvalue weighted by Gasteiger charge is -2.49. The molecule has 1 atom stereocenters. The zero-order valence-corrected chi connectivity index (χ0v) is 14.8. The molecule has 0 amide bonds. The molecule has 124 valence electrons. The molecule has 0 bridgehead atoms. The number of aromatic nitrogens is 3. The lowest BCUT2D eigenvalue weighted by Crippen LogP contribution is -2.54. The van der Waals surface area contributed by atoms with Gasteiger partial charge in [-0.1, -0.05) is 11.3 Å². The molecule has 2 aliphatic heterocycles. The number of hydrogen-bond donors (Lipinski definition) is 1. The van der Waals surface area contributed by atoms with Gasteiger partial charge < -0.3 is 14.9 Å². The molecule has 0 aromatic carbocycles. The number of nitrogens with zero attached hydrogens (tertiary/aromatic N) is 5. The van der Waals surface area contributed by atoms with Crippen LogP contribution in [-0.4, -0.2) is 52.6 Å². The van der Waals surface area contributed by atoms with Gasteiger partial charge in [-0.2, -0.15) is 0 Å². The summed E-state index contributed by atoms with van der Waals surface area (Å²) in [7, 11) is 0. The molecule has 2 aromatic heterocycles. The van der Waals surface area contributed by atoms with Crippen molar-refractivity contribution in [3.63, 3.8) is 0 Å². The minimum Gasteiger partial charge on any atom is -0.391 e. The molecular weight excluding hydrogens is 330 g/mol. The lowest BCUT2D eigenvalue weighted by molar-refractivity contribution is 0.0598. The minimum absolute atomic E-state index is 0.186. The fourth-order valence-corrected chi connectivity index (χ4v) is 5.21. The highest BCUT2D eigenvalue weighted by atomic mass is 32.1. The van der Waals surface area contributed by atoms with Crippen LogP contribution in [0.4, 0.5) is 10.3 Å². The Morgan fingerprint density at radius 3 is 2.70 bits per heavy atom. The molecule has 0 aliphatic carbocycles. The van der Waals surface area contributed by atoms with E-state index in [1.54, 1.807) is 22.7 Å². The van der Waals surface area contributed by atoms with Crippen molar-refractivity contribution in [2.24, 2.45) is 5.41 Å². The van der Waals surface area contributed by atoms with Crippen LogP contribution in [0, 0.1) is 12.3 Å². The van der Waals surface area contributed by atoms with Crippen LogP contribution in [-0.2, 0) is 0 Å². The van der Waals surface area contributed by atoms with Crippen LogP contribution in [0.2, 0.25) is 0 Å². The number of aryl methyl sites for hydroxylation is 1. The molecule has 1 spiro atoms. The molecule has 4 rings (SSSR count). The molecule has 1 unspecified atom stereocenters. The van der Waals surface area contributed by atoms with Gasteiger partial charge in [0, 0.05) is 37.8 Å². The van der Waals surface area contributed by atoms with Crippen LogP contribution in [0.3, 0.4) is 0 Å². The van der Waals surface area contributed by atoms with Gasteiger partial charge in [0.15, 0.2) is 5.13 Å². The maximum atomic E-state index is 10.4. The molecule has 2 aromatic rings. The van der Waals surface area contributed by atoms with E-state index in [1.165, 1.54) is 0 Å². The van der Waals surface area contributed by atoms with E-state index in [4.69, 9.17) is 0 Å². The van der Waals surface area contributed by atoms with Crippen LogP contribution in [0.5, 0.6) is 0 Å². The average molecular weight is 352 g/mol. The fourth-order valence-electron chi connectivity index (χ4n) is 3.82. The zero-order chi connectivity index (χ0) is 15.9. The van der Waals surface area contributed by atoms with Crippen molar-refractivity contribution in [3.05, 3.63) is 16.6 Å². The highest BCUT2D eigenvalue weighted by molar-refractivity contribution is 7.15. The molecule has 8 heteroatoms. The first-order chi connectivity index (χ1) is 11.1. The third-order valence-corrected chi connectivity index (χ3v) is 6.66. The largest absolute Gasteiger partial charge is 0.391 e. The summed E-state index contributed by atoms with van der Waals surface area (Å²) in [5, 5.41) is 23.9. The van der Waals surface area contributed by atoms with E-state index in [2.05, 4.69) is 25.0 Å². The SMILES string of the molecule is Cc1nnc(N2CC(O)CC3(CCN(c4nccs4)CC3)C2)s1. The molecular formula is C15H21N5OS2. The number of anilines is 2. The second-order valence-electron chi connectivity index (χ2n) is 6.64. The van der Waals surface area contributed by atoms with Gasteiger partial charge in [-0.3, -0.25) is 0 Å². The van der Waals surface area contributed by atoms with Crippen molar-refractivity contribution in [1.82, 2.24) is 15.2 Å². The Morgan fingerprint density at radius 2 is 2.04 bits per heavy atom. The van der Waals surface area contributed by atoms with Crippen molar-refractivity contribution in [1.29, 1.82) is 0 Å². The van der Waals surface area contributed by atoms with E-state index in [9.17, 15) is 5.11 Å². The Bertz CT molecular complexity index is 651. The van der Waals surface area contributed by atoms with Crippen molar-refractivity contribution >= 4 is 32.9 Å². The van der Waals surface area contributed by atoms with Gasteiger partial charge >= 0.3 is 0 Å². The Morgan fingerprint density at radius 1 is 1.22 bits per heavy atom. The van der Waals surface area contributed by atoms with Gasteiger partial charge in [0.2, 0.25) is 5.13 Å². The number of β-amino-alcohol motifs (C(OH)–C–C–N with tert-alkyl or cyclic N) is 1. The zero-order valence-electron chi connectivity index (χ0n) is 13.2. The Kier molecular flexibility index (Phi) is 3.98. The number of hydrogen-bond acceptors (Lipinski definition) is 8. The molecule has 0 saturated carbocycles. The van der Waals surface area contributed by atoms with Gasteiger partial charge in [-0.15, -0.1) is 21.5 Å². The van der Waals surface area contributed by atoms with Gasteiger partial charge in [-0.25, -0.2) is 4.98 Å². The molecule has 1 N–H and O–H groups in total. The predicted octanol–water partition coefficient (Wildman–Crippen LogP) is 2.16. The highest BCUT2D eigenvalue weighted by Crippen LogP contribution is 2.42. The van der Waals surface area contributed by atoms with E-state index >= 15 is 0 Å². The third kappa shape index (κ3) is 3.07. The number of aliphatic hydroxyl groups is 1. The van der Waals surface area contributed by atoms with E-state index < -0.39 is 0 Å². The molecule has 6 nitrogen and oxygen atoms in total.